The highest BCUT2D eigenvalue weighted by Crippen LogP contribution is 2.34. The van der Waals surface area contributed by atoms with E-state index in [0.717, 1.165) is 38.0 Å². The first kappa shape index (κ1) is 15.6. The average molecular weight is 299 g/mol. The third-order valence-corrected chi connectivity index (χ3v) is 4.17. The van der Waals surface area contributed by atoms with Crippen molar-refractivity contribution in [1.82, 2.24) is 15.3 Å². The third kappa shape index (κ3) is 3.88. The van der Waals surface area contributed by atoms with Gasteiger partial charge < -0.3 is 15.8 Å². The van der Waals surface area contributed by atoms with E-state index in [1.54, 1.807) is 13.2 Å². The average Bonchev–Trinajstić information content (AvgIpc) is 2.42. The Morgan fingerprint density at radius 1 is 1.50 bits per heavy atom. The Labute approximate surface area is 125 Å². The summed E-state index contributed by atoms with van der Waals surface area (Å²) in [6, 6.07) is 2.64. The zero-order valence-corrected chi connectivity index (χ0v) is 12.9. The van der Waals surface area contributed by atoms with Gasteiger partial charge in [-0.05, 0) is 38.7 Å². The maximum Gasteiger partial charge on any atom is 0.132 e. The van der Waals surface area contributed by atoms with Gasteiger partial charge in [0.15, 0.2) is 0 Å². The minimum Gasteiger partial charge on any atom is -0.383 e. The van der Waals surface area contributed by atoms with E-state index in [9.17, 15) is 0 Å². The molecule has 112 valence electrons. The molecule has 1 atom stereocenters. The summed E-state index contributed by atoms with van der Waals surface area (Å²) in [6.07, 6.45) is 5.35. The molecule has 0 saturated heterocycles. The van der Waals surface area contributed by atoms with Crippen molar-refractivity contribution in [2.24, 2.45) is 5.73 Å². The molecule has 0 aromatic carbocycles. The summed E-state index contributed by atoms with van der Waals surface area (Å²) < 4.78 is 5.15. The van der Waals surface area contributed by atoms with E-state index in [1.807, 2.05) is 0 Å². The largest absolute Gasteiger partial charge is 0.383 e. The van der Waals surface area contributed by atoms with Gasteiger partial charge in [0.1, 0.15) is 11.5 Å². The van der Waals surface area contributed by atoms with E-state index in [-0.39, 0.29) is 5.54 Å². The van der Waals surface area contributed by atoms with E-state index in [2.05, 4.69) is 22.2 Å². The molecule has 1 aliphatic carbocycles. The van der Waals surface area contributed by atoms with Crippen LogP contribution in [0.2, 0.25) is 5.15 Å². The lowest BCUT2D eigenvalue weighted by molar-refractivity contribution is 0.154. The molecule has 1 saturated carbocycles. The molecule has 0 unspecified atom stereocenters. The Bertz CT molecular complexity index is 435. The molecule has 1 heterocycles. The Morgan fingerprint density at radius 2 is 2.20 bits per heavy atom. The molecule has 1 fully saturated rings. The topological polar surface area (TPSA) is 73.1 Å². The minimum absolute atomic E-state index is 0.365. The molecular formula is C14H23ClN4O. The summed E-state index contributed by atoms with van der Waals surface area (Å²) in [7, 11) is 1.73. The van der Waals surface area contributed by atoms with Crippen molar-refractivity contribution in [3.63, 3.8) is 0 Å². The van der Waals surface area contributed by atoms with E-state index < -0.39 is 0 Å². The van der Waals surface area contributed by atoms with Gasteiger partial charge in [-0.15, -0.1) is 0 Å². The van der Waals surface area contributed by atoms with E-state index in [1.165, 1.54) is 6.33 Å². The maximum absolute atomic E-state index is 6.50. The second kappa shape index (κ2) is 6.80. The Morgan fingerprint density at radius 3 is 2.80 bits per heavy atom. The van der Waals surface area contributed by atoms with Crippen LogP contribution in [-0.2, 0) is 10.3 Å². The summed E-state index contributed by atoms with van der Waals surface area (Å²) in [5, 5.41) is 4.03. The van der Waals surface area contributed by atoms with Gasteiger partial charge in [-0.25, -0.2) is 9.97 Å². The number of hydrogen-bond donors (Lipinski definition) is 2. The van der Waals surface area contributed by atoms with Crippen molar-refractivity contribution >= 4 is 11.6 Å². The van der Waals surface area contributed by atoms with Crippen LogP contribution in [0.15, 0.2) is 12.4 Å². The van der Waals surface area contributed by atoms with Crippen LogP contribution in [0.3, 0.4) is 0 Å². The van der Waals surface area contributed by atoms with Crippen LogP contribution < -0.4 is 11.1 Å². The molecule has 20 heavy (non-hydrogen) atoms. The molecule has 1 aromatic rings. The third-order valence-electron chi connectivity index (χ3n) is 3.96. The Balaban J connectivity index is 1.93. The van der Waals surface area contributed by atoms with Gasteiger partial charge in [0.05, 0.1) is 17.8 Å². The maximum atomic E-state index is 6.50. The van der Waals surface area contributed by atoms with Crippen LogP contribution in [0.5, 0.6) is 0 Å². The normalized spacial score (nSPS) is 28.3. The number of hydrogen-bond acceptors (Lipinski definition) is 5. The number of halogens is 1. The van der Waals surface area contributed by atoms with Crippen LogP contribution >= 0.6 is 11.6 Å². The molecule has 0 spiro atoms. The molecule has 5 nitrogen and oxygen atoms in total. The number of nitrogens with two attached hydrogens (primary N) is 1. The van der Waals surface area contributed by atoms with Crippen molar-refractivity contribution in [2.75, 3.05) is 13.7 Å². The summed E-state index contributed by atoms with van der Waals surface area (Å²) in [5.41, 5.74) is 6.97. The lowest BCUT2D eigenvalue weighted by Gasteiger charge is -2.38. The predicted molar refractivity (Wildman–Crippen MR) is 79.6 cm³/mol. The predicted octanol–water partition coefficient (Wildman–Crippen LogP) is 1.85. The second-order valence-electron chi connectivity index (χ2n) is 5.68. The van der Waals surface area contributed by atoms with Crippen LogP contribution in [0.25, 0.3) is 0 Å². The molecule has 0 bridgehead atoms. The molecule has 2 rings (SSSR count). The van der Waals surface area contributed by atoms with Gasteiger partial charge in [0.2, 0.25) is 0 Å². The second-order valence-corrected chi connectivity index (χ2v) is 6.07. The molecule has 0 amide bonds. The van der Waals surface area contributed by atoms with Crippen molar-refractivity contribution < 1.29 is 4.74 Å². The fraction of sp³-hybridized carbons (Fsp3) is 0.714. The number of ether oxygens (including phenoxy) is 1. The highest BCUT2D eigenvalue weighted by molar-refractivity contribution is 6.29. The molecule has 0 aliphatic heterocycles. The Kier molecular flexibility index (Phi) is 5.32. The number of nitrogens with zero attached hydrogens (tertiary/aromatic N) is 2. The smallest absolute Gasteiger partial charge is 0.132 e. The van der Waals surface area contributed by atoms with Crippen LogP contribution in [-0.4, -0.2) is 35.8 Å². The number of nitrogens with one attached hydrogen (secondary N) is 1. The van der Waals surface area contributed by atoms with E-state index in [0.29, 0.717) is 17.2 Å². The molecule has 3 N–H and O–H groups in total. The highest BCUT2D eigenvalue weighted by atomic mass is 35.5. The lowest BCUT2D eigenvalue weighted by Crippen LogP contribution is -2.48. The van der Waals surface area contributed by atoms with Gasteiger partial charge in [0, 0.05) is 19.2 Å². The SMILES string of the molecule is COC[C@@H](C)NC1CCC(N)(c2cc(Cl)ncn2)CC1. The number of aromatic nitrogens is 2. The van der Waals surface area contributed by atoms with Crippen molar-refractivity contribution in [3.05, 3.63) is 23.2 Å². The zero-order valence-electron chi connectivity index (χ0n) is 12.1. The van der Waals surface area contributed by atoms with Gasteiger partial charge in [-0.1, -0.05) is 11.6 Å². The van der Waals surface area contributed by atoms with E-state index >= 15 is 0 Å². The van der Waals surface area contributed by atoms with Crippen LogP contribution in [0, 0.1) is 0 Å². The highest BCUT2D eigenvalue weighted by Gasteiger charge is 2.34. The fourth-order valence-corrected chi connectivity index (χ4v) is 3.01. The fourth-order valence-electron chi connectivity index (χ4n) is 2.86. The number of rotatable bonds is 5. The van der Waals surface area contributed by atoms with Crippen LogP contribution in [0.1, 0.15) is 38.3 Å². The summed E-state index contributed by atoms with van der Waals surface area (Å²) in [5.74, 6) is 0. The van der Waals surface area contributed by atoms with Gasteiger partial charge >= 0.3 is 0 Å². The summed E-state index contributed by atoms with van der Waals surface area (Å²) in [6.45, 7) is 2.86. The quantitative estimate of drug-likeness (QED) is 0.812. The van der Waals surface area contributed by atoms with Crippen molar-refractivity contribution in [1.29, 1.82) is 0 Å². The van der Waals surface area contributed by atoms with Gasteiger partial charge in [-0.2, -0.15) is 0 Å². The van der Waals surface area contributed by atoms with Crippen LogP contribution in [0.4, 0.5) is 0 Å². The molecule has 1 aliphatic rings. The Hall–Kier alpha value is -0.750. The first-order chi connectivity index (χ1) is 9.53. The van der Waals surface area contributed by atoms with E-state index in [4.69, 9.17) is 22.1 Å². The molecule has 0 radical (unpaired) electrons. The van der Waals surface area contributed by atoms with Gasteiger partial charge in [-0.3, -0.25) is 0 Å². The first-order valence-electron chi connectivity index (χ1n) is 7.05. The molecular weight excluding hydrogens is 276 g/mol. The minimum atomic E-state index is -0.380. The summed E-state index contributed by atoms with van der Waals surface area (Å²) in [4.78, 5) is 8.20. The van der Waals surface area contributed by atoms with Gasteiger partial charge in [0.25, 0.3) is 0 Å². The zero-order chi connectivity index (χ0) is 14.6. The molecule has 6 heteroatoms. The molecule has 1 aromatic heterocycles. The monoisotopic (exact) mass is 298 g/mol. The standard InChI is InChI=1S/C14H23ClN4O/c1-10(8-20-2)19-11-3-5-14(16,6-4-11)12-7-13(15)18-9-17-12/h7,9-11,19H,3-6,8,16H2,1-2H3/t10-,11?,14?/m1/s1. The lowest BCUT2D eigenvalue weighted by atomic mass is 9.78. The summed E-state index contributed by atoms with van der Waals surface area (Å²) >= 11 is 5.93. The first-order valence-corrected chi connectivity index (χ1v) is 7.43. The van der Waals surface area contributed by atoms with Crippen molar-refractivity contribution in [3.8, 4) is 0 Å². The van der Waals surface area contributed by atoms with Crippen molar-refractivity contribution in [2.45, 2.75) is 50.2 Å². The number of methoxy groups -OCH3 is 1.